The van der Waals surface area contributed by atoms with Crippen molar-refractivity contribution in [3.8, 4) is 11.5 Å². The first-order chi connectivity index (χ1) is 16.0. The average Bonchev–Trinajstić information content (AvgIpc) is 2.85. The van der Waals surface area contributed by atoms with Crippen molar-refractivity contribution in [1.82, 2.24) is 0 Å². The third-order valence-corrected chi connectivity index (χ3v) is 5.52. The molecule has 1 unspecified atom stereocenters. The van der Waals surface area contributed by atoms with Crippen LogP contribution in [0.2, 0.25) is 0 Å². The van der Waals surface area contributed by atoms with Gasteiger partial charge in [0.25, 0.3) is 0 Å². The molecule has 2 aromatic carbocycles. The molecular weight excluding hydrogens is 414 g/mol. The van der Waals surface area contributed by atoms with Crippen LogP contribution in [0.1, 0.15) is 58.9 Å². The van der Waals surface area contributed by atoms with E-state index in [9.17, 15) is 9.90 Å². The number of nitrogens with zero attached hydrogens (tertiary/aromatic N) is 1. The van der Waals surface area contributed by atoms with E-state index in [2.05, 4.69) is 32.6 Å². The number of aromatic hydroxyl groups is 1. The van der Waals surface area contributed by atoms with Crippen molar-refractivity contribution in [3.05, 3.63) is 60.2 Å². The van der Waals surface area contributed by atoms with E-state index in [0.29, 0.717) is 18.3 Å². The fraction of sp³-hybridized carbons (Fsp3) is 0.464. The van der Waals surface area contributed by atoms with Crippen molar-refractivity contribution in [3.63, 3.8) is 0 Å². The van der Waals surface area contributed by atoms with Crippen molar-refractivity contribution < 1.29 is 19.4 Å². The number of anilines is 1. The summed E-state index contributed by atoms with van der Waals surface area (Å²) in [6, 6.07) is 15.0. The van der Waals surface area contributed by atoms with Crippen LogP contribution in [0.15, 0.2) is 54.6 Å². The van der Waals surface area contributed by atoms with Crippen molar-refractivity contribution in [2.24, 2.45) is 5.92 Å². The summed E-state index contributed by atoms with van der Waals surface area (Å²) < 4.78 is 10.4. The molecule has 0 saturated carbocycles. The summed E-state index contributed by atoms with van der Waals surface area (Å²) >= 11 is 0. The zero-order valence-corrected chi connectivity index (χ0v) is 20.9. The molecule has 0 amide bonds. The van der Waals surface area contributed by atoms with Crippen molar-refractivity contribution in [2.75, 3.05) is 31.7 Å². The van der Waals surface area contributed by atoms with E-state index in [-0.39, 0.29) is 5.97 Å². The highest BCUT2D eigenvalue weighted by Gasteiger charge is 2.08. The maximum absolute atomic E-state index is 11.7. The maximum Gasteiger partial charge on any atom is 0.330 e. The highest BCUT2D eigenvalue weighted by molar-refractivity contribution is 5.87. The number of methoxy groups -OCH3 is 1. The quantitative estimate of drug-likeness (QED) is 0.285. The molecule has 0 spiro atoms. The molecule has 0 heterocycles. The summed E-state index contributed by atoms with van der Waals surface area (Å²) in [6.07, 6.45) is 7.79. The Morgan fingerprint density at radius 2 is 1.70 bits per heavy atom. The molecule has 2 aromatic rings. The predicted molar refractivity (Wildman–Crippen MR) is 138 cm³/mol. The van der Waals surface area contributed by atoms with Gasteiger partial charge in [0.2, 0.25) is 0 Å². The number of benzene rings is 2. The van der Waals surface area contributed by atoms with Crippen LogP contribution in [0.5, 0.6) is 11.5 Å². The Morgan fingerprint density at radius 3 is 2.24 bits per heavy atom. The zero-order chi connectivity index (χ0) is 24.5. The lowest BCUT2D eigenvalue weighted by Gasteiger charge is -2.21. The van der Waals surface area contributed by atoms with Crippen LogP contribution in [-0.4, -0.2) is 37.9 Å². The molecule has 0 aliphatic carbocycles. The van der Waals surface area contributed by atoms with E-state index < -0.39 is 0 Å². The van der Waals surface area contributed by atoms with Gasteiger partial charge in [-0.3, -0.25) is 0 Å². The molecule has 5 nitrogen and oxygen atoms in total. The number of carbonyl (C=O) groups is 1. The number of hydrogen-bond donors (Lipinski definition) is 1. The fourth-order valence-electron chi connectivity index (χ4n) is 3.32. The zero-order valence-electron chi connectivity index (χ0n) is 20.9. The number of unbranched alkanes of at least 4 members (excludes halogenated alkanes) is 1. The van der Waals surface area contributed by atoms with Crippen molar-refractivity contribution in [1.29, 1.82) is 0 Å². The maximum atomic E-state index is 11.7. The number of rotatable bonds is 12. The summed E-state index contributed by atoms with van der Waals surface area (Å²) in [6.45, 7) is 10.8. The Labute approximate surface area is 200 Å². The first-order valence-electron chi connectivity index (χ1n) is 12.0. The molecule has 5 heteroatoms. The Kier molecular flexibility index (Phi) is 14.2. The highest BCUT2D eigenvalue weighted by atomic mass is 16.5. The summed E-state index contributed by atoms with van der Waals surface area (Å²) in [5.74, 6) is 1.36. The second kappa shape index (κ2) is 16.7. The Balaban J connectivity index is 0.000000383. The molecule has 0 aliphatic rings. The van der Waals surface area contributed by atoms with Crippen molar-refractivity contribution in [2.45, 2.75) is 53.4 Å². The standard InChI is InChI=1S/C18H26O3.C10H15NO/c1-4-6-7-15(5-2)14-21-18(19)13-10-16-8-11-17(20-3)12-9-16;1-3-11(4-2)9-7-5-6-8-10(9)12/h8-13,15H,4-7,14H2,1-3H3;5-8,12H,3-4H2,1-2H3. The molecule has 2 rings (SSSR count). The van der Waals surface area contributed by atoms with Crippen molar-refractivity contribution >= 4 is 17.7 Å². The third kappa shape index (κ3) is 11.0. The summed E-state index contributed by atoms with van der Waals surface area (Å²) in [5, 5.41) is 9.50. The molecular formula is C28H41NO4. The lowest BCUT2D eigenvalue weighted by molar-refractivity contribution is -0.139. The number of carbonyl (C=O) groups excluding carboxylic acids is 1. The van der Waals surface area contributed by atoms with Crippen LogP contribution in [0.3, 0.4) is 0 Å². The lowest BCUT2D eigenvalue weighted by Crippen LogP contribution is -2.21. The number of esters is 1. The Bertz CT molecular complexity index is 813. The second-order valence-corrected chi connectivity index (χ2v) is 7.81. The van der Waals surface area contributed by atoms with Gasteiger partial charge in [-0.25, -0.2) is 4.79 Å². The normalized spacial score (nSPS) is 11.4. The number of para-hydroxylation sites is 2. The molecule has 1 atom stereocenters. The minimum atomic E-state index is -0.277. The van der Waals surface area contributed by atoms with Crippen LogP contribution in [-0.2, 0) is 9.53 Å². The number of phenols is 1. The van der Waals surface area contributed by atoms with Gasteiger partial charge in [-0.15, -0.1) is 0 Å². The van der Waals surface area contributed by atoms with Gasteiger partial charge in [-0.2, -0.15) is 0 Å². The van der Waals surface area contributed by atoms with Gasteiger partial charge in [0.15, 0.2) is 0 Å². The smallest absolute Gasteiger partial charge is 0.330 e. The monoisotopic (exact) mass is 455 g/mol. The van der Waals surface area contributed by atoms with E-state index in [4.69, 9.17) is 9.47 Å². The van der Waals surface area contributed by atoms with E-state index in [0.717, 1.165) is 42.9 Å². The lowest BCUT2D eigenvalue weighted by atomic mass is 10.0. The van der Waals surface area contributed by atoms with Gasteiger partial charge in [0.05, 0.1) is 19.4 Å². The molecule has 0 saturated heterocycles. The molecule has 0 bridgehead atoms. The van der Waals surface area contributed by atoms with Gasteiger partial charge in [0.1, 0.15) is 11.5 Å². The number of ether oxygens (including phenoxy) is 2. The molecule has 182 valence electrons. The van der Waals surface area contributed by atoms with Gasteiger partial charge >= 0.3 is 5.97 Å². The van der Waals surface area contributed by atoms with E-state index in [1.165, 1.54) is 18.9 Å². The third-order valence-electron chi connectivity index (χ3n) is 5.52. The second-order valence-electron chi connectivity index (χ2n) is 7.81. The Hall–Kier alpha value is -2.95. The SMILES string of the molecule is CCCCC(CC)COC(=O)C=Cc1ccc(OC)cc1.CCN(CC)c1ccccc1O. The van der Waals surface area contributed by atoms with Gasteiger partial charge in [0, 0.05) is 19.2 Å². The van der Waals surface area contributed by atoms with Crippen LogP contribution < -0.4 is 9.64 Å². The van der Waals surface area contributed by atoms with Gasteiger partial charge in [-0.1, -0.05) is 57.4 Å². The van der Waals surface area contributed by atoms with Crippen LogP contribution in [0, 0.1) is 5.92 Å². The van der Waals surface area contributed by atoms with Crippen LogP contribution in [0.25, 0.3) is 6.08 Å². The first-order valence-corrected chi connectivity index (χ1v) is 12.0. The minimum Gasteiger partial charge on any atom is -0.506 e. The number of hydrogen-bond acceptors (Lipinski definition) is 5. The topological polar surface area (TPSA) is 59.0 Å². The molecule has 1 N–H and O–H groups in total. The molecule has 0 radical (unpaired) electrons. The van der Waals surface area contributed by atoms with Gasteiger partial charge < -0.3 is 19.5 Å². The van der Waals surface area contributed by atoms with Crippen LogP contribution in [0.4, 0.5) is 5.69 Å². The van der Waals surface area contributed by atoms with E-state index in [1.54, 1.807) is 19.3 Å². The molecule has 0 fully saturated rings. The predicted octanol–water partition coefficient (Wildman–Crippen LogP) is 6.71. The van der Waals surface area contributed by atoms with E-state index in [1.807, 2.05) is 42.5 Å². The molecule has 0 aliphatic heterocycles. The van der Waals surface area contributed by atoms with E-state index >= 15 is 0 Å². The minimum absolute atomic E-state index is 0.277. The fourth-order valence-corrected chi connectivity index (χ4v) is 3.32. The molecule has 33 heavy (non-hydrogen) atoms. The highest BCUT2D eigenvalue weighted by Crippen LogP contribution is 2.25. The van der Waals surface area contributed by atoms with Crippen LogP contribution >= 0.6 is 0 Å². The first kappa shape index (κ1) is 28.1. The number of phenolic OH excluding ortho intramolecular Hbond substituents is 1. The summed E-state index contributed by atoms with van der Waals surface area (Å²) in [7, 11) is 1.63. The molecule has 0 aromatic heterocycles. The van der Waals surface area contributed by atoms with Gasteiger partial charge in [-0.05, 0) is 62.1 Å². The summed E-state index contributed by atoms with van der Waals surface area (Å²) in [5.41, 5.74) is 1.87. The Morgan fingerprint density at radius 1 is 1.03 bits per heavy atom. The largest absolute Gasteiger partial charge is 0.506 e. The average molecular weight is 456 g/mol. The summed E-state index contributed by atoms with van der Waals surface area (Å²) in [4.78, 5) is 13.8.